The van der Waals surface area contributed by atoms with Crippen molar-refractivity contribution in [3.63, 3.8) is 0 Å². The number of fused-ring (bicyclic) bond motifs is 1. The second-order valence-electron chi connectivity index (χ2n) is 9.92. The molecule has 43 heavy (non-hydrogen) atoms. The molecule has 3 aromatic rings. The number of allylic oxidation sites excluding steroid dienone is 1. The lowest BCUT2D eigenvalue weighted by molar-refractivity contribution is -0.137. The summed E-state index contributed by atoms with van der Waals surface area (Å²) in [6.07, 6.45) is -2.13. The Bertz CT molecular complexity index is 1560. The Labute approximate surface area is 244 Å². The van der Waals surface area contributed by atoms with Gasteiger partial charge >= 0.3 is 6.18 Å². The van der Waals surface area contributed by atoms with E-state index in [1.807, 2.05) is 0 Å². The van der Waals surface area contributed by atoms with Crippen LogP contribution in [0.4, 0.5) is 33.3 Å². The Kier molecular flexibility index (Phi) is 9.38. The minimum Gasteiger partial charge on any atom is -0.474 e. The first-order valence-corrected chi connectivity index (χ1v) is 13.4. The van der Waals surface area contributed by atoms with Crippen LogP contribution in [-0.4, -0.2) is 40.2 Å². The van der Waals surface area contributed by atoms with Crippen LogP contribution in [0.15, 0.2) is 36.2 Å². The van der Waals surface area contributed by atoms with Gasteiger partial charge < -0.3 is 31.5 Å². The molecule has 0 spiro atoms. The monoisotopic (exact) mass is 606 g/mol. The molecule has 14 heteroatoms. The van der Waals surface area contributed by atoms with Crippen LogP contribution in [0.5, 0.6) is 5.88 Å². The van der Waals surface area contributed by atoms with Crippen LogP contribution < -0.4 is 26.4 Å². The number of amides is 1. The third kappa shape index (κ3) is 6.63. The normalized spacial score (nSPS) is 16.9. The Balaban J connectivity index is 2.01. The van der Waals surface area contributed by atoms with Crippen molar-refractivity contribution in [2.24, 2.45) is 0 Å². The van der Waals surface area contributed by atoms with E-state index < -0.39 is 76.1 Å². The number of benzene rings is 1. The number of nitrogens with zero attached hydrogens (tertiary/aromatic N) is 2. The number of aromatic nitrogens is 2. The molecule has 0 aliphatic carbocycles. The number of ether oxygens (including phenoxy) is 1. The Morgan fingerprint density at radius 2 is 2.00 bits per heavy atom. The number of pyridine rings is 2. The molecule has 1 aliphatic rings. The first-order chi connectivity index (χ1) is 20.4. The van der Waals surface area contributed by atoms with Crippen molar-refractivity contribution in [3.05, 3.63) is 75.8 Å². The summed E-state index contributed by atoms with van der Waals surface area (Å²) in [5.41, 5.74) is 1.53. The number of nitrogens with one attached hydrogen (secondary N) is 3. The topological polar surface area (TPSA) is 134 Å². The lowest BCUT2D eigenvalue weighted by Gasteiger charge is -2.23. The summed E-state index contributed by atoms with van der Waals surface area (Å²) < 4.78 is 79.9. The molecular weight excluding hydrogens is 575 g/mol. The minimum absolute atomic E-state index is 0.0368. The van der Waals surface area contributed by atoms with Gasteiger partial charge in [0.25, 0.3) is 5.91 Å². The van der Waals surface area contributed by atoms with Crippen molar-refractivity contribution in [1.82, 2.24) is 20.6 Å². The predicted octanol–water partition coefficient (Wildman–Crippen LogP) is 4.83. The van der Waals surface area contributed by atoms with Crippen molar-refractivity contribution in [1.29, 1.82) is 0 Å². The molecule has 0 unspecified atom stereocenters. The number of carbonyl (C=O) groups excluding carboxylic acids is 1. The molecule has 230 valence electrons. The van der Waals surface area contributed by atoms with Crippen molar-refractivity contribution in [3.8, 4) is 17.1 Å². The van der Waals surface area contributed by atoms with Gasteiger partial charge in [-0.3, -0.25) is 9.78 Å². The number of aliphatic hydroxyl groups is 1. The molecule has 0 saturated heterocycles. The number of anilines is 2. The maximum Gasteiger partial charge on any atom is 0.417 e. The Morgan fingerprint density at radius 1 is 1.26 bits per heavy atom. The zero-order valence-electron chi connectivity index (χ0n) is 23.6. The second kappa shape index (κ2) is 12.8. The van der Waals surface area contributed by atoms with Gasteiger partial charge in [-0.1, -0.05) is 12.1 Å². The fourth-order valence-corrected chi connectivity index (χ4v) is 4.73. The summed E-state index contributed by atoms with van der Waals surface area (Å²) >= 11 is 0. The predicted molar refractivity (Wildman–Crippen MR) is 150 cm³/mol. The van der Waals surface area contributed by atoms with Crippen LogP contribution in [0.3, 0.4) is 0 Å². The van der Waals surface area contributed by atoms with E-state index in [1.54, 1.807) is 32.1 Å². The Hall–Kier alpha value is -4.46. The van der Waals surface area contributed by atoms with Crippen molar-refractivity contribution >= 4 is 17.3 Å². The third-order valence-corrected chi connectivity index (χ3v) is 6.99. The highest BCUT2D eigenvalue weighted by Crippen LogP contribution is 2.44. The van der Waals surface area contributed by atoms with E-state index in [2.05, 4.69) is 25.9 Å². The maximum atomic E-state index is 16.5. The van der Waals surface area contributed by atoms with E-state index in [0.29, 0.717) is 30.3 Å². The van der Waals surface area contributed by atoms with Crippen LogP contribution in [0.25, 0.3) is 11.3 Å². The number of rotatable bonds is 5. The number of aliphatic hydroxyl groups excluding tert-OH is 1. The molecule has 1 aliphatic heterocycles. The molecule has 1 atom stereocenters. The number of carbonyl (C=O) groups is 1. The lowest BCUT2D eigenvalue weighted by Crippen LogP contribution is -2.31. The van der Waals surface area contributed by atoms with Crippen molar-refractivity contribution in [2.75, 3.05) is 24.1 Å². The highest BCUT2D eigenvalue weighted by atomic mass is 19.4. The smallest absolute Gasteiger partial charge is 0.417 e. The number of alkyl halides is 3. The van der Waals surface area contributed by atoms with Gasteiger partial charge in [0, 0.05) is 37.0 Å². The lowest BCUT2D eigenvalue weighted by atomic mass is 9.95. The largest absolute Gasteiger partial charge is 0.474 e. The average Bonchev–Trinajstić information content (AvgIpc) is 2.98. The van der Waals surface area contributed by atoms with Crippen LogP contribution in [0, 0.1) is 18.6 Å². The molecule has 1 amide bonds. The van der Waals surface area contributed by atoms with Gasteiger partial charge in [-0.15, -0.1) is 0 Å². The second-order valence-corrected chi connectivity index (χ2v) is 9.92. The van der Waals surface area contributed by atoms with E-state index in [4.69, 9.17) is 10.5 Å². The fraction of sp³-hybridized carbons (Fsp3) is 0.345. The summed E-state index contributed by atoms with van der Waals surface area (Å²) in [5.74, 6) is -3.87. The van der Waals surface area contributed by atoms with Crippen LogP contribution in [0.2, 0.25) is 0 Å². The standard InChI is InChI=1S/C29H31F5N6O3/c1-4-17-12-39-27(42)21-26(38-11-16-6-5-8-37-20(16)13-41)24(31)25(40-28(21)43-14(2)7-9-36-17)18-10-19(35)23(30)15(3)22(18)29(32,33)34/h4-6,8,10,14,36,41H,7,9,11-13,35H2,1-3H3,(H,38,40)(H,39,42)/b17-4-/t14-/m0/s1. The molecule has 4 rings (SSSR count). The summed E-state index contributed by atoms with van der Waals surface area (Å²) in [5, 5.41) is 18.3. The third-order valence-electron chi connectivity index (χ3n) is 6.99. The first kappa shape index (κ1) is 31.5. The molecular formula is C29H31F5N6O3. The molecule has 9 nitrogen and oxygen atoms in total. The molecule has 2 aromatic heterocycles. The fourth-order valence-electron chi connectivity index (χ4n) is 4.73. The first-order valence-electron chi connectivity index (χ1n) is 13.4. The molecule has 6 N–H and O–H groups in total. The number of nitrogen functional groups attached to an aromatic ring is 1. The summed E-state index contributed by atoms with van der Waals surface area (Å²) in [6, 6.07) is 3.84. The molecule has 0 saturated carbocycles. The van der Waals surface area contributed by atoms with Crippen molar-refractivity contribution in [2.45, 2.75) is 52.6 Å². The zero-order chi connectivity index (χ0) is 31.5. The molecule has 0 radical (unpaired) electrons. The van der Waals surface area contributed by atoms with Crippen LogP contribution in [0.1, 0.15) is 53.0 Å². The quantitative estimate of drug-likeness (QED) is 0.206. The van der Waals surface area contributed by atoms with Gasteiger partial charge in [-0.05, 0) is 44.0 Å². The van der Waals surface area contributed by atoms with Crippen molar-refractivity contribution < 1.29 is 36.6 Å². The van der Waals surface area contributed by atoms with E-state index in [1.165, 1.54) is 6.20 Å². The highest BCUT2D eigenvalue weighted by molar-refractivity contribution is 6.03. The molecule has 0 bridgehead atoms. The summed E-state index contributed by atoms with van der Waals surface area (Å²) in [6.45, 7) is 4.16. The molecule has 3 heterocycles. The van der Waals surface area contributed by atoms with Gasteiger partial charge in [0.2, 0.25) is 5.88 Å². The number of hydrogen-bond donors (Lipinski definition) is 5. The number of halogens is 5. The molecule has 0 fully saturated rings. The SMILES string of the molecule is C/C=C1/CNC(=O)c2c(nc(-c3cc(N)c(F)c(C)c3C(F)(F)F)c(F)c2NCc2cccnc2CO)O[C@@H](C)CCN1. The van der Waals surface area contributed by atoms with Gasteiger partial charge in [0.1, 0.15) is 17.1 Å². The highest BCUT2D eigenvalue weighted by Gasteiger charge is 2.39. The number of nitrogens with two attached hydrogens (primary N) is 1. The van der Waals surface area contributed by atoms with E-state index >= 15 is 4.39 Å². The summed E-state index contributed by atoms with van der Waals surface area (Å²) in [4.78, 5) is 21.7. The van der Waals surface area contributed by atoms with Gasteiger partial charge in [0.15, 0.2) is 5.82 Å². The van der Waals surface area contributed by atoms with E-state index in [0.717, 1.165) is 6.92 Å². The maximum absolute atomic E-state index is 16.5. The van der Waals surface area contributed by atoms with E-state index in [9.17, 15) is 27.5 Å². The summed E-state index contributed by atoms with van der Waals surface area (Å²) in [7, 11) is 0. The van der Waals surface area contributed by atoms with Crippen LogP contribution in [-0.2, 0) is 19.3 Å². The minimum atomic E-state index is -5.11. The van der Waals surface area contributed by atoms with E-state index in [-0.39, 0.29) is 24.3 Å². The molecule has 1 aromatic carbocycles. The zero-order valence-corrected chi connectivity index (χ0v) is 23.6. The van der Waals surface area contributed by atoms with Gasteiger partial charge in [0.05, 0.1) is 41.9 Å². The van der Waals surface area contributed by atoms with Gasteiger partial charge in [-0.2, -0.15) is 13.2 Å². The van der Waals surface area contributed by atoms with Gasteiger partial charge in [-0.25, -0.2) is 13.8 Å². The number of hydrogen-bond acceptors (Lipinski definition) is 8. The average molecular weight is 607 g/mol. The van der Waals surface area contributed by atoms with Crippen LogP contribution >= 0.6 is 0 Å². The Morgan fingerprint density at radius 3 is 2.67 bits per heavy atom.